The van der Waals surface area contributed by atoms with Gasteiger partial charge in [-0.1, -0.05) is 26.7 Å². The molecule has 0 saturated carbocycles. The third-order valence-electron chi connectivity index (χ3n) is 2.60. The van der Waals surface area contributed by atoms with Crippen LogP contribution in [0.3, 0.4) is 0 Å². The van der Waals surface area contributed by atoms with Gasteiger partial charge in [0.25, 0.3) is 10.0 Å². The molecule has 1 atom stereocenters. The van der Waals surface area contributed by atoms with Crippen molar-refractivity contribution in [3.63, 3.8) is 0 Å². The van der Waals surface area contributed by atoms with Crippen LogP contribution in [0.1, 0.15) is 40.0 Å². The van der Waals surface area contributed by atoms with Crippen molar-refractivity contribution in [2.24, 2.45) is 5.92 Å². The molecular weight excluding hydrogens is 334 g/mol. The second-order valence-corrected chi connectivity index (χ2v) is 8.58. The van der Waals surface area contributed by atoms with Crippen LogP contribution in [0.4, 0.5) is 0 Å². The molecule has 0 aromatic carbocycles. The highest BCUT2D eigenvalue weighted by molar-refractivity contribution is 9.10. The number of halogens is 1. The Bertz CT molecular complexity index is 468. The smallest absolute Gasteiger partial charge is 0.208 e. The first-order valence-electron chi connectivity index (χ1n) is 6.08. The van der Waals surface area contributed by atoms with Gasteiger partial charge in [-0.2, -0.15) is 0 Å². The Morgan fingerprint density at radius 3 is 2.50 bits per heavy atom. The van der Waals surface area contributed by atoms with Gasteiger partial charge in [-0.05, 0) is 46.6 Å². The van der Waals surface area contributed by atoms with Crippen molar-refractivity contribution >= 4 is 37.3 Å². The summed E-state index contributed by atoms with van der Waals surface area (Å²) in [6, 6.07) is 1.73. The Hall–Kier alpha value is 0.0900. The predicted octanol–water partition coefficient (Wildman–Crippen LogP) is 4.00. The van der Waals surface area contributed by atoms with Crippen LogP contribution in [-0.4, -0.2) is 14.5 Å². The monoisotopic (exact) mass is 353 g/mol. The first-order chi connectivity index (χ1) is 8.33. The second kappa shape index (κ2) is 7.03. The molecule has 0 aliphatic carbocycles. The molecule has 0 saturated heterocycles. The van der Waals surface area contributed by atoms with Crippen molar-refractivity contribution in [3.05, 3.63) is 15.9 Å². The van der Waals surface area contributed by atoms with E-state index in [4.69, 9.17) is 0 Å². The minimum absolute atomic E-state index is 0.0252. The first kappa shape index (κ1) is 16.1. The normalized spacial score (nSPS) is 14.1. The van der Waals surface area contributed by atoms with Crippen molar-refractivity contribution < 1.29 is 8.42 Å². The summed E-state index contributed by atoms with van der Waals surface area (Å²) in [4.78, 5) is 0. The highest BCUT2D eigenvalue weighted by Crippen LogP contribution is 2.27. The summed E-state index contributed by atoms with van der Waals surface area (Å²) in [6.07, 6.45) is 3.06. The molecule has 104 valence electrons. The molecule has 1 aromatic rings. The zero-order valence-corrected chi connectivity index (χ0v) is 14.2. The molecule has 1 heterocycles. The standard InChI is InChI=1S/C12H20BrNO2S2/c1-9(2)5-4-6-10(3)14-18(15,16)12-11(13)7-8-17-12/h7-10,14H,4-6H2,1-3H3. The van der Waals surface area contributed by atoms with Crippen LogP contribution >= 0.6 is 27.3 Å². The summed E-state index contributed by atoms with van der Waals surface area (Å²) in [6.45, 7) is 6.27. The van der Waals surface area contributed by atoms with Crippen LogP contribution in [0.5, 0.6) is 0 Å². The van der Waals surface area contributed by atoms with Crippen molar-refractivity contribution in [2.75, 3.05) is 0 Å². The molecule has 0 bridgehead atoms. The lowest BCUT2D eigenvalue weighted by atomic mass is 10.0. The maximum atomic E-state index is 12.1. The van der Waals surface area contributed by atoms with E-state index in [1.54, 1.807) is 11.4 Å². The summed E-state index contributed by atoms with van der Waals surface area (Å²) >= 11 is 4.48. The Labute approximate surface area is 122 Å². The summed E-state index contributed by atoms with van der Waals surface area (Å²) < 4.78 is 27.9. The Kier molecular flexibility index (Phi) is 6.30. The van der Waals surface area contributed by atoms with Gasteiger partial charge in [-0.15, -0.1) is 11.3 Å². The Balaban J connectivity index is 2.54. The number of hydrogen-bond acceptors (Lipinski definition) is 3. The average molecular weight is 354 g/mol. The quantitative estimate of drug-likeness (QED) is 0.804. The van der Waals surface area contributed by atoms with E-state index in [0.717, 1.165) is 19.3 Å². The van der Waals surface area contributed by atoms with Gasteiger partial charge in [0.1, 0.15) is 4.21 Å². The second-order valence-electron chi connectivity index (χ2n) is 4.90. The van der Waals surface area contributed by atoms with Crippen LogP contribution in [0.15, 0.2) is 20.1 Å². The van der Waals surface area contributed by atoms with Crippen LogP contribution in [0.2, 0.25) is 0 Å². The summed E-state index contributed by atoms with van der Waals surface area (Å²) in [5.41, 5.74) is 0. The number of nitrogens with one attached hydrogen (secondary N) is 1. The molecule has 0 radical (unpaired) electrons. The maximum absolute atomic E-state index is 12.1. The molecule has 0 amide bonds. The fourth-order valence-electron chi connectivity index (χ4n) is 1.68. The van der Waals surface area contributed by atoms with Crippen LogP contribution < -0.4 is 4.72 Å². The van der Waals surface area contributed by atoms with Gasteiger partial charge in [0.05, 0.1) is 0 Å². The number of rotatable bonds is 7. The molecule has 1 rings (SSSR count). The Morgan fingerprint density at radius 1 is 1.33 bits per heavy atom. The van der Waals surface area contributed by atoms with Crippen molar-refractivity contribution in [1.29, 1.82) is 0 Å². The third-order valence-corrected chi connectivity index (χ3v) is 6.86. The van der Waals surface area contributed by atoms with E-state index in [2.05, 4.69) is 34.5 Å². The molecule has 6 heteroatoms. The van der Waals surface area contributed by atoms with Gasteiger partial charge in [0.2, 0.25) is 0 Å². The average Bonchev–Trinajstić information content (AvgIpc) is 2.63. The lowest BCUT2D eigenvalue weighted by Gasteiger charge is -2.14. The van der Waals surface area contributed by atoms with E-state index in [1.165, 1.54) is 11.3 Å². The topological polar surface area (TPSA) is 46.2 Å². The van der Waals surface area contributed by atoms with E-state index < -0.39 is 10.0 Å². The summed E-state index contributed by atoms with van der Waals surface area (Å²) in [5, 5.41) is 1.77. The highest BCUT2D eigenvalue weighted by Gasteiger charge is 2.21. The molecule has 0 fully saturated rings. The summed E-state index contributed by atoms with van der Waals surface area (Å²) in [7, 11) is -3.38. The van der Waals surface area contributed by atoms with E-state index in [9.17, 15) is 8.42 Å². The van der Waals surface area contributed by atoms with Gasteiger partial charge in [0, 0.05) is 10.5 Å². The maximum Gasteiger partial charge on any atom is 0.251 e. The minimum atomic E-state index is -3.38. The van der Waals surface area contributed by atoms with E-state index in [1.807, 2.05) is 6.92 Å². The highest BCUT2D eigenvalue weighted by atomic mass is 79.9. The van der Waals surface area contributed by atoms with Gasteiger partial charge < -0.3 is 0 Å². The molecule has 18 heavy (non-hydrogen) atoms. The fraction of sp³-hybridized carbons (Fsp3) is 0.667. The zero-order valence-electron chi connectivity index (χ0n) is 10.9. The molecule has 1 N–H and O–H groups in total. The molecule has 1 aromatic heterocycles. The van der Waals surface area contributed by atoms with E-state index in [-0.39, 0.29) is 6.04 Å². The SMILES string of the molecule is CC(C)CCCC(C)NS(=O)(=O)c1sccc1Br. The largest absolute Gasteiger partial charge is 0.251 e. The third kappa shape index (κ3) is 4.99. The van der Waals surface area contributed by atoms with Gasteiger partial charge >= 0.3 is 0 Å². The number of sulfonamides is 1. The Morgan fingerprint density at radius 2 is 2.00 bits per heavy atom. The lowest BCUT2D eigenvalue weighted by Crippen LogP contribution is -2.32. The van der Waals surface area contributed by atoms with Gasteiger partial charge in [-0.3, -0.25) is 0 Å². The minimum Gasteiger partial charge on any atom is -0.208 e. The van der Waals surface area contributed by atoms with Crippen molar-refractivity contribution in [3.8, 4) is 0 Å². The van der Waals surface area contributed by atoms with Crippen LogP contribution in [0.25, 0.3) is 0 Å². The van der Waals surface area contributed by atoms with Crippen molar-refractivity contribution in [1.82, 2.24) is 4.72 Å². The molecule has 0 aliphatic heterocycles. The predicted molar refractivity (Wildman–Crippen MR) is 80.5 cm³/mol. The number of hydrogen-bond donors (Lipinski definition) is 1. The molecule has 3 nitrogen and oxygen atoms in total. The summed E-state index contributed by atoms with van der Waals surface area (Å²) in [5.74, 6) is 0.667. The van der Waals surface area contributed by atoms with Gasteiger partial charge in [0.15, 0.2) is 0 Å². The van der Waals surface area contributed by atoms with E-state index >= 15 is 0 Å². The zero-order chi connectivity index (χ0) is 13.8. The fourth-order valence-corrected chi connectivity index (χ4v) is 5.31. The molecule has 0 spiro atoms. The van der Waals surface area contributed by atoms with E-state index in [0.29, 0.717) is 14.6 Å². The van der Waals surface area contributed by atoms with Crippen LogP contribution in [0, 0.1) is 5.92 Å². The number of thiophene rings is 1. The first-order valence-corrected chi connectivity index (χ1v) is 9.24. The molecular formula is C12H20BrNO2S2. The van der Waals surface area contributed by atoms with Crippen molar-refractivity contribution in [2.45, 2.75) is 50.3 Å². The molecule has 0 aliphatic rings. The van der Waals surface area contributed by atoms with Gasteiger partial charge in [-0.25, -0.2) is 13.1 Å². The molecule has 1 unspecified atom stereocenters. The lowest BCUT2D eigenvalue weighted by molar-refractivity contribution is 0.489. The van der Waals surface area contributed by atoms with Crippen LogP contribution in [-0.2, 0) is 10.0 Å².